The van der Waals surface area contributed by atoms with Gasteiger partial charge in [-0.15, -0.1) is 0 Å². The highest BCUT2D eigenvalue weighted by molar-refractivity contribution is 5.95. The number of amides is 2. The minimum absolute atomic E-state index is 0.0285. The van der Waals surface area contributed by atoms with Crippen molar-refractivity contribution in [2.75, 3.05) is 26.2 Å². The van der Waals surface area contributed by atoms with E-state index in [1.54, 1.807) is 17.0 Å². The molecule has 2 heterocycles. The highest BCUT2D eigenvalue weighted by atomic mass is 16.3. The maximum atomic E-state index is 12.7. The van der Waals surface area contributed by atoms with Crippen molar-refractivity contribution in [2.24, 2.45) is 0 Å². The predicted octanol–water partition coefficient (Wildman–Crippen LogP) is 3.39. The lowest BCUT2D eigenvalue weighted by atomic mass is 9.97. The SMILES string of the molecule is CCC(C)c1ccc(C(=O)N2CCN(C(=O)c3ccco3)CC2)cc1. The van der Waals surface area contributed by atoms with Crippen molar-refractivity contribution in [3.8, 4) is 0 Å². The van der Waals surface area contributed by atoms with Gasteiger partial charge in [0.05, 0.1) is 6.26 Å². The number of carbonyl (C=O) groups is 2. The van der Waals surface area contributed by atoms with E-state index in [0.29, 0.717) is 43.4 Å². The standard InChI is InChI=1S/C20H24N2O3/c1-3-15(2)16-6-8-17(9-7-16)19(23)21-10-12-22(13-11-21)20(24)18-5-4-14-25-18/h4-9,14-15H,3,10-13H2,1-2H3. The average Bonchev–Trinajstić information content (AvgIpc) is 3.21. The fraction of sp³-hybridized carbons (Fsp3) is 0.400. The first-order chi connectivity index (χ1) is 12.1. The van der Waals surface area contributed by atoms with E-state index in [4.69, 9.17) is 4.42 Å². The van der Waals surface area contributed by atoms with E-state index >= 15 is 0 Å². The van der Waals surface area contributed by atoms with Gasteiger partial charge in [0.15, 0.2) is 5.76 Å². The molecule has 5 heteroatoms. The summed E-state index contributed by atoms with van der Waals surface area (Å²) in [5, 5.41) is 0. The lowest BCUT2D eigenvalue weighted by molar-refractivity contribution is 0.0518. The van der Waals surface area contributed by atoms with Gasteiger partial charge in [0.1, 0.15) is 0 Å². The van der Waals surface area contributed by atoms with Crippen LogP contribution in [0.25, 0.3) is 0 Å². The molecule has 0 saturated carbocycles. The van der Waals surface area contributed by atoms with Crippen LogP contribution in [0.5, 0.6) is 0 Å². The molecule has 0 spiro atoms. The molecule has 0 bridgehead atoms. The van der Waals surface area contributed by atoms with Gasteiger partial charge in [0.2, 0.25) is 0 Å². The Labute approximate surface area is 148 Å². The molecular weight excluding hydrogens is 316 g/mol. The molecule has 2 aromatic rings. The maximum Gasteiger partial charge on any atom is 0.289 e. The number of hydrogen-bond donors (Lipinski definition) is 0. The summed E-state index contributed by atoms with van der Waals surface area (Å²) in [4.78, 5) is 28.5. The Morgan fingerprint density at radius 1 is 1.00 bits per heavy atom. The number of furan rings is 1. The lowest BCUT2D eigenvalue weighted by Crippen LogP contribution is -2.50. The van der Waals surface area contributed by atoms with Crippen LogP contribution in [0.2, 0.25) is 0 Å². The summed E-state index contributed by atoms with van der Waals surface area (Å²) >= 11 is 0. The van der Waals surface area contributed by atoms with Crippen molar-refractivity contribution in [1.82, 2.24) is 9.80 Å². The van der Waals surface area contributed by atoms with Crippen LogP contribution in [-0.2, 0) is 0 Å². The average molecular weight is 340 g/mol. The summed E-state index contributed by atoms with van der Waals surface area (Å²) in [5.41, 5.74) is 1.96. The van der Waals surface area contributed by atoms with Gasteiger partial charge in [-0.1, -0.05) is 26.0 Å². The Kier molecular flexibility index (Phi) is 5.22. The summed E-state index contributed by atoms with van der Waals surface area (Å²) in [5.74, 6) is 0.761. The van der Waals surface area contributed by atoms with Crippen LogP contribution in [0.15, 0.2) is 47.1 Å². The minimum Gasteiger partial charge on any atom is -0.459 e. The van der Waals surface area contributed by atoms with Gasteiger partial charge < -0.3 is 14.2 Å². The quantitative estimate of drug-likeness (QED) is 0.857. The predicted molar refractivity (Wildman–Crippen MR) is 95.7 cm³/mol. The fourth-order valence-corrected chi connectivity index (χ4v) is 3.04. The number of hydrogen-bond acceptors (Lipinski definition) is 3. The summed E-state index contributed by atoms with van der Waals surface area (Å²) in [6, 6.07) is 11.3. The van der Waals surface area contributed by atoms with Gasteiger partial charge in [-0.3, -0.25) is 9.59 Å². The molecule has 3 rings (SSSR count). The molecule has 1 atom stereocenters. The molecule has 1 unspecified atom stereocenters. The normalized spacial score (nSPS) is 15.9. The molecule has 0 radical (unpaired) electrons. The van der Waals surface area contributed by atoms with Gasteiger partial charge in [-0.05, 0) is 42.2 Å². The third-order valence-corrected chi connectivity index (χ3v) is 4.93. The van der Waals surface area contributed by atoms with E-state index in [9.17, 15) is 9.59 Å². The van der Waals surface area contributed by atoms with Crippen LogP contribution in [0.3, 0.4) is 0 Å². The Balaban J connectivity index is 1.59. The summed E-state index contributed by atoms with van der Waals surface area (Å²) in [6.07, 6.45) is 2.58. The second-order valence-corrected chi connectivity index (χ2v) is 6.49. The highest BCUT2D eigenvalue weighted by Gasteiger charge is 2.26. The molecular formula is C20H24N2O3. The van der Waals surface area contributed by atoms with Crippen LogP contribution < -0.4 is 0 Å². The van der Waals surface area contributed by atoms with Crippen molar-refractivity contribution in [2.45, 2.75) is 26.2 Å². The summed E-state index contributed by atoms with van der Waals surface area (Å²) in [7, 11) is 0. The highest BCUT2D eigenvalue weighted by Crippen LogP contribution is 2.20. The van der Waals surface area contributed by atoms with E-state index in [2.05, 4.69) is 13.8 Å². The molecule has 25 heavy (non-hydrogen) atoms. The van der Waals surface area contributed by atoms with Crippen molar-refractivity contribution in [3.63, 3.8) is 0 Å². The molecule has 132 valence electrons. The second kappa shape index (κ2) is 7.55. The second-order valence-electron chi connectivity index (χ2n) is 6.49. The van der Waals surface area contributed by atoms with E-state index in [0.717, 1.165) is 6.42 Å². The molecule has 1 aliphatic heterocycles. The van der Waals surface area contributed by atoms with Gasteiger partial charge in [-0.25, -0.2) is 0 Å². The topological polar surface area (TPSA) is 53.8 Å². The van der Waals surface area contributed by atoms with Crippen LogP contribution >= 0.6 is 0 Å². The Hall–Kier alpha value is -2.56. The maximum absolute atomic E-state index is 12.7. The number of benzene rings is 1. The minimum atomic E-state index is -0.116. The molecule has 1 aromatic carbocycles. The molecule has 1 aliphatic rings. The Morgan fingerprint density at radius 2 is 1.60 bits per heavy atom. The van der Waals surface area contributed by atoms with E-state index in [1.165, 1.54) is 11.8 Å². The summed E-state index contributed by atoms with van der Waals surface area (Å²) < 4.78 is 5.16. The van der Waals surface area contributed by atoms with E-state index < -0.39 is 0 Å². The zero-order valence-corrected chi connectivity index (χ0v) is 14.8. The number of carbonyl (C=O) groups excluding carboxylic acids is 2. The summed E-state index contributed by atoms with van der Waals surface area (Å²) in [6.45, 7) is 6.47. The largest absolute Gasteiger partial charge is 0.459 e. The molecule has 1 saturated heterocycles. The van der Waals surface area contributed by atoms with Gasteiger partial charge in [0.25, 0.3) is 11.8 Å². The third-order valence-electron chi connectivity index (χ3n) is 4.93. The van der Waals surface area contributed by atoms with Crippen LogP contribution in [-0.4, -0.2) is 47.8 Å². The molecule has 2 amide bonds. The van der Waals surface area contributed by atoms with Crippen molar-refractivity contribution in [1.29, 1.82) is 0 Å². The third kappa shape index (κ3) is 3.76. The van der Waals surface area contributed by atoms with Crippen LogP contribution in [0.4, 0.5) is 0 Å². The van der Waals surface area contributed by atoms with Gasteiger partial charge in [-0.2, -0.15) is 0 Å². The Morgan fingerprint density at radius 3 is 2.12 bits per heavy atom. The van der Waals surface area contributed by atoms with Crippen molar-refractivity contribution >= 4 is 11.8 Å². The van der Waals surface area contributed by atoms with Gasteiger partial charge >= 0.3 is 0 Å². The Bertz CT molecular complexity index is 714. The van der Waals surface area contributed by atoms with Crippen LogP contribution in [0.1, 0.15) is 52.7 Å². The first kappa shape index (κ1) is 17.3. The zero-order valence-electron chi connectivity index (χ0n) is 14.8. The first-order valence-corrected chi connectivity index (χ1v) is 8.82. The fourth-order valence-electron chi connectivity index (χ4n) is 3.04. The molecule has 1 aromatic heterocycles. The van der Waals surface area contributed by atoms with Crippen molar-refractivity contribution < 1.29 is 14.0 Å². The molecule has 5 nitrogen and oxygen atoms in total. The number of nitrogens with zero attached hydrogens (tertiary/aromatic N) is 2. The smallest absolute Gasteiger partial charge is 0.289 e. The molecule has 0 aliphatic carbocycles. The number of piperazine rings is 1. The van der Waals surface area contributed by atoms with E-state index in [1.807, 2.05) is 29.2 Å². The molecule has 0 N–H and O–H groups in total. The zero-order chi connectivity index (χ0) is 17.8. The number of rotatable bonds is 4. The van der Waals surface area contributed by atoms with E-state index in [-0.39, 0.29) is 11.8 Å². The van der Waals surface area contributed by atoms with Crippen molar-refractivity contribution in [3.05, 3.63) is 59.5 Å². The molecule has 1 fully saturated rings. The van der Waals surface area contributed by atoms with Crippen LogP contribution in [0, 0.1) is 0 Å². The monoisotopic (exact) mass is 340 g/mol. The first-order valence-electron chi connectivity index (χ1n) is 8.82. The lowest BCUT2D eigenvalue weighted by Gasteiger charge is -2.34. The van der Waals surface area contributed by atoms with Gasteiger partial charge in [0, 0.05) is 31.7 Å².